The predicted molar refractivity (Wildman–Crippen MR) is 53.2 cm³/mol. The molecular weight excluding hydrogens is 148 g/mol. The zero-order valence-electron chi connectivity index (χ0n) is 8.26. The van der Waals surface area contributed by atoms with E-state index in [1.807, 2.05) is 0 Å². The Labute approximate surface area is 76.1 Å². The van der Waals surface area contributed by atoms with Gasteiger partial charge in [0.25, 0.3) is 0 Å². The van der Waals surface area contributed by atoms with Crippen LogP contribution in [0.3, 0.4) is 0 Å². The number of nitrogens with zero attached hydrogens (tertiary/aromatic N) is 1. The first kappa shape index (κ1) is 10.0. The maximum atomic E-state index is 4.50. The maximum Gasteiger partial charge on any atom is 0.00952 e. The molecule has 2 fully saturated rings. The molecule has 0 aromatic rings. The van der Waals surface area contributed by atoms with Gasteiger partial charge in [-0.1, -0.05) is 19.3 Å². The van der Waals surface area contributed by atoms with Gasteiger partial charge in [-0.05, 0) is 39.4 Å². The van der Waals surface area contributed by atoms with Crippen LogP contribution in [0.5, 0.6) is 0 Å². The molecule has 2 aliphatic rings. The van der Waals surface area contributed by atoms with Crippen molar-refractivity contribution >= 4 is 0 Å². The Kier molecular flexibility index (Phi) is 4.62. The van der Waals surface area contributed by atoms with E-state index >= 15 is 0 Å². The van der Waals surface area contributed by atoms with E-state index in [2.05, 4.69) is 10.6 Å². The molecule has 2 N–H and O–H groups in total. The van der Waals surface area contributed by atoms with Gasteiger partial charge in [0, 0.05) is 6.04 Å². The lowest BCUT2D eigenvalue weighted by Gasteiger charge is -2.40. The minimum atomic E-state index is 0.988. The van der Waals surface area contributed by atoms with Crippen molar-refractivity contribution in [1.82, 2.24) is 4.90 Å². The zero-order chi connectivity index (χ0) is 8.81. The SMILES string of the molecule is C1CCC(N2CCC2)CC1.CN. The molecule has 1 heterocycles. The largest absolute Gasteiger partial charge is 0.333 e. The molecule has 1 saturated heterocycles. The summed E-state index contributed by atoms with van der Waals surface area (Å²) in [4.78, 5) is 2.67. The number of hydrogen-bond acceptors (Lipinski definition) is 2. The number of hydrogen-bond donors (Lipinski definition) is 1. The van der Waals surface area contributed by atoms with E-state index in [-0.39, 0.29) is 0 Å². The van der Waals surface area contributed by atoms with E-state index in [9.17, 15) is 0 Å². The Morgan fingerprint density at radius 2 is 1.50 bits per heavy atom. The number of nitrogens with two attached hydrogens (primary N) is 1. The van der Waals surface area contributed by atoms with Gasteiger partial charge in [0.05, 0.1) is 0 Å². The van der Waals surface area contributed by atoms with E-state index in [1.165, 1.54) is 58.7 Å². The van der Waals surface area contributed by atoms with Crippen LogP contribution in [0.25, 0.3) is 0 Å². The Hall–Kier alpha value is -0.0800. The standard InChI is InChI=1S/C9H17N.CH5N/c1-2-5-9(6-3-1)10-7-4-8-10;1-2/h9H,1-8H2;2H2,1H3. The van der Waals surface area contributed by atoms with Crippen LogP contribution in [0.15, 0.2) is 0 Å². The van der Waals surface area contributed by atoms with Gasteiger partial charge < -0.3 is 10.6 Å². The fourth-order valence-electron chi connectivity index (χ4n) is 2.15. The van der Waals surface area contributed by atoms with Gasteiger partial charge in [-0.2, -0.15) is 0 Å². The predicted octanol–water partition coefficient (Wildman–Crippen LogP) is 1.60. The Bertz CT molecular complexity index is 104. The summed E-state index contributed by atoms with van der Waals surface area (Å²) >= 11 is 0. The molecule has 0 unspecified atom stereocenters. The third-order valence-electron chi connectivity index (χ3n) is 2.98. The number of likely N-dealkylation sites (tertiary alicyclic amines) is 1. The maximum absolute atomic E-state index is 4.50. The molecule has 0 spiro atoms. The molecule has 12 heavy (non-hydrogen) atoms. The molecule has 1 aliphatic heterocycles. The summed E-state index contributed by atoms with van der Waals surface area (Å²) in [6, 6.07) is 0.988. The first-order valence-electron chi connectivity index (χ1n) is 5.28. The highest BCUT2D eigenvalue weighted by Crippen LogP contribution is 2.25. The highest BCUT2D eigenvalue weighted by atomic mass is 15.2. The minimum Gasteiger partial charge on any atom is -0.333 e. The molecular formula is C10H22N2. The molecule has 0 amide bonds. The molecule has 0 atom stereocenters. The Balaban J connectivity index is 0.000000336. The second kappa shape index (κ2) is 5.55. The summed E-state index contributed by atoms with van der Waals surface area (Å²) in [7, 11) is 1.50. The van der Waals surface area contributed by atoms with Crippen LogP contribution < -0.4 is 5.73 Å². The van der Waals surface area contributed by atoms with E-state index in [4.69, 9.17) is 0 Å². The highest BCUT2D eigenvalue weighted by molar-refractivity contribution is 4.80. The van der Waals surface area contributed by atoms with Crippen molar-refractivity contribution in [1.29, 1.82) is 0 Å². The van der Waals surface area contributed by atoms with Crippen LogP contribution >= 0.6 is 0 Å². The highest BCUT2D eigenvalue weighted by Gasteiger charge is 2.24. The van der Waals surface area contributed by atoms with Crippen molar-refractivity contribution in [3.63, 3.8) is 0 Å². The smallest absolute Gasteiger partial charge is 0.00952 e. The van der Waals surface area contributed by atoms with Crippen LogP contribution in [-0.2, 0) is 0 Å². The van der Waals surface area contributed by atoms with Gasteiger partial charge in [0.1, 0.15) is 0 Å². The monoisotopic (exact) mass is 170 g/mol. The molecule has 0 aromatic carbocycles. The third kappa shape index (κ3) is 2.46. The van der Waals surface area contributed by atoms with Crippen molar-refractivity contribution in [3.05, 3.63) is 0 Å². The van der Waals surface area contributed by atoms with E-state index in [1.54, 1.807) is 0 Å². The molecule has 2 nitrogen and oxygen atoms in total. The zero-order valence-corrected chi connectivity index (χ0v) is 8.26. The lowest BCUT2D eigenvalue weighted by Crippen LogP contribution is -2.45. The van der Waals surface area contributed by atoms with Gasteiger partial charge >= 0.3 is 0 Å². The first-order chi connectivity index (χ1) is 5.97. The van der Waals surface area contributed by atoms with Crippen LogP contribution in [-0.4, -0.2) is 31.1 Å². The fraction of sp³-hybridized carbons (Fsp3) is 1.00. The van der Waals surface area contributed by atoms with Crippen LogP contribution in [0.4, 0.5) is 0 Å². The summed E-state index contributed by atoms with van der Waals surface area (Å²) in [6.07, 6.45) is 8.89. The van der Waals surface area contributed by atoms with E-state index in [0.717, 1.165) is 6.04 Å². The molecule has 0 aromatic heterocycles. The van der Waals surface area contributed by atoms with Gasteiger partial charge in [0.15, 0.2) is 0 Å². The average molecular weight is 170 g/mol. The Morgan fingerprint density at radius 3 is 1.92 bits per heavy atom. The van der Waals surface area contributed by atoms with E-state index in [0.29, 0.717) is 0 Å². The second-order valence-electron chi connectivity index (χ2n) is 3.68. The van der Waals surface area contributed by atoms with Gasteiger partial charge in [0.2, 0.25) is 0 Å². The van der Waals surface area contributed by atoms with Crippen LogP contribution in [0.1, 0.15) is 38.5 Å². The summed E-state index contributed by atoms with van der Waals surface area (Å²) in [5.41, 5.74) is 4.50. The topological polar surface area (TPSA) is 29.3 Å². The summed E-state index contributed by atoms with van der Waals surface area (Å²) in [6.45, 7) is 2.79. The Morgan fingerprint density at radius 1 is 0.917 bits per heavy atom. The minimum absolute atomic E-state index is 0.988. The lowest BCUT2D eigenvalue weighted by atomic mass is 9.92. The molecule has 1 saturated carbocycles. The summed E-state index contributed by atoms with van der Waals surface area (Å²) < 4.78 is 0. The molecule has 2 heteroatoms. The van der Waals surface area contributed by atoms with Crippen molar-refractivity contribution in [2.75, 3.05) is 20.1 Å². The van der Waals surface area contributed by atoms with Crippen molar-refractivity contribution in [3.8, 4) is 0 Å². The molecule has 1 aliphatic carbocycles. The van der Waals surface area contributed by atoms with Crippen molar-refractivity contribution in [2.45, 2.75) is 44.6 Å². The van der Waals surface area contributed by atoms with Crippen LogP contribution in [0, 0.1) is 0 Å². The number of rotatable bonds is 1. The third-order valence-corrected chi connectivity index (χ3v) is 2.98. The van der Waals surface area contributed by atoms with Crippen molar-refractivity contribution in [2.24, 2.45) is 5.73 Å². The van der Waals surface area contributed by atoms with Crippen molar-refractivity contribution < 1.29 is 0 Å². The molecule has 72 valence electrons. The van der Waals surface area contributed by atoms with Gasteiger partial charge in [-0.25, -0.2) is 0 Å². The molecule has 0 radical (unpaired) electrons. The van der Waals surface area contributed by atoms with Gasteiger partial charge in [-0.15, -0.1) is 0 Å². The lowest BCUT2D eigenvalue weighted by molar-refractivity contribution is 0.0913. The fourth-order valence-corrected chi connectivity index (χ4v) is 2.15. The average Bonchev–Trinajstić information content (AvgIpc) is 2.07. The first-order valence-corrected chi connectivity index (χ1v) is 5.28. The van der Waals surface area contributed by atoms with Crippen LogP contribution in [0.2, 0.25) is 0 Å². The van der Waals surface area contributed by atoms with Gasteiger partial charge in [-0.3, -0.25) is 0 Å². The molecule has 0 bridgehead atoms. The summed E-state index contributed by atoms with van der Waals surface area (Å²) in [5, 5.41) is 0. The normalized spacial score (nSPS) is 25.5. The summed E-state index contributed by atoms with van der Waals surface area (Å²) in [5.74, 6) is 0. The van der Waals surface area contributed by atoms with E-state index < -0.39 is 0 Å². The second-order valence-corrected chi connectivity index (χ2v) is 3.68. The molecule has 2 rings (SSSR count). The quantitative estimate of drug-likeness (QED) is 0.647.